The van der Waals surface area contributed by atoms with Crippen molar-refractivity contribution >= 4 is 0 Å². The minimum Gasteiger partial charge on any atom is -0.300 e. The Hall–Kier alpha value is -0.0400. The Kier molecular flexibility index (Phi) is 4.90. The summed E-state index contributed by atoms with van der Waals surface area (Å²) >= 11 is 0. The summed E-state index contributed by atoms with van der Waals surface area (Å²) in [4.78, 5) is 2.68. The van der Waals surface area contributed by atoms with E-state index in [9.17, 15) is 0 Å². The van der Waals surface area contributed by atoms with Gasteiger partial charge < -0.3 is 4.90 Å². The van der Waals surface area contributed by atoms with Crippen LogP contribution in [-0.4, -0.2) is 24.0 Å². The second-order valence-corrected chi connectivity index (χ2v) is 6.47. The molecule has 0 aromatic rings. The molecule has 0 amide bonds. The standard InChI is InChI=1S/C16H31N/c1-4-6-8-13(7-5-2)14-11-15-9-10-16(12-14)17(15)3/h13-16H,4-12H2,1-3H3/t13?,14?,15-,16?/m0/s1. The van der Waals surface area contributed by atoms with Crippen LogP contribution in [0.3, 0.4) is 0 Å². The molecule has 1 heteroatoms. The van der Waals surface area contributed by atoms with Gasteiger partial charge in [-0.25, -0.2) is 0 Å². The number of nitrogens with zero attached hydrogens (tertiary/aromatic N) is 1. The van der Waals surface area contributed by atoms with Gasteiger partial charge in [0.25, 0.3) is 0 Å². The first-order valence-electron chi connectivity index (χ1n) is 7.98. The molecule has 2 aliphatic heterocycles. The van der Waals surface area contributed by atoms with Crippen LogP contribution in [0.1, 0.15) is 71.6 Å². The number of piperidine rings is 1. The van der Waals surface area contributed by atoms with Gasteiger partial charge >= 0.3 is 0 Å². The lowest BCUT2D eigenvalue weighted by molar-refractivity contribution is 0.0943. The summed E-state index contributed by atoms with van der Waals surface area (Å²) in [6.45, 7) is 4.70. The van der Waals surface area contributed by atoms with Crippen LogP contribution in [-0.2, 0) is 0 Å². The largest absolute Gasteiger partial charge is 0.300 e. The third kappa shape index (κ3) is 3.05. The van der Waals surface area contributed by atoms with Gasteiger partial charge in [-0.1, -0.05) is 46.0 Å². The molecule has 0 spiro atoms. The van der Waals surface area contributed by atoms with Gasteiger partial charge in [-0.2, -0.15) is 0 Å². The molecule has 3 unspecified atom stereocenters. The van der Waals surface area contributed by atoms with Crippen molar-refractivity contribution in [2.75, 3.05) is 7.05 Å². The first kappa shape index (κ1) is 13.4. The van der Waals surface area contributed by atoms with E-state index in [1.54, 1.807) is 0 Å². The fourth-order valence-corrected chi connectivity index (χ4v) is 4.29. The fraction of sp³-hybridized carbons (Fsp3) is 1.00. The number of rotatable bonds is 6. The fourth-order valence-electron chi connectivity index (χ4n) is 4.29. The van der Waals surface area contributed by atoms with Gasteiger partial charge in [0.15, 0.2) is 0 Å². The Balaban J connectivity index is 1.91. The average Bonchev–Trinajstić information content (AvgIpc) is 2.56. The van der Waals surface area contributed by atoms with E-state index in [4.69, 9.17) is 0 Å². The maximum absolute atomic E-state index is 2.68. The lowest BCUT2D eigenvalue weighted by atomic mass is 9.76. The van der Waals surface area contributed by atoms with Crippen LogP contribution < -0.4 is 0 Å². The van der Waals surface area contributed by atoms with E-state index in [-0.39, 0.29) is 0 Å². The van der Waals surface area contributed by atoms with Crippen LogP contribution in [0, 0.1) is 11.8 Å². The summed E-state index contributed by atoms with van der Waals surface area (Å²) in [6, 6.07) is 1.86. The topological polar surface area (TPSA) is 3.24 Å². The van der Waals surface area contributed by atoms with E-state index < -0.39 is 0 Å². The number of fused-ring (bicyclic) bond motifs is 2. The highest BCUT2D eigenvalue weighted by molar-refractivity contribution is 4.94. The second-order valence-electron chi connectivity index (χ2n) is 6.47. The van der Waals surface area contributed by atoms with E-state index in [0.29, 0.717) is 0 Å². The Bertz CT molecular complexity index is 212. The highest BCUT2D eigenvalue weighted by Gasteiger charge is 2.40. The first-order chi connectivity index (χ1) is 8.26. The van der Waals surface area contributed by atoms with Gasteiger partial charge in [-0.05, 0) is 44.6 Å². The van der Waals surface area contributed by atoms with Crippen molar-refractivity contribution in [2.24, 2.45) is 11.8 Å². The van der Waals surface area contributed by atoms with Gasteiger partial charge in [-0.3, -0.25) is 0 Å². The van der Waals surface area contributed by atoms with E-state index in [0.717, 1.165) is 23.9 Å². The summed E-state index contributed by atoms with van der Waals surface area (Å²) in [5, 5.41) is 0. The number of unbranched alkanes of at least 4 members (excludes halogenated alkanes) is 1. The van der Waals surface area contributed by atoms with Crippen molar-refractivity contribution < 1.29 is 0 Å². The molecule has 0 aromatic carbocycles. The van der Waals surface area contributed by atoms with Crippen molar-refractivity contribution in [3.05, 3.63) is 0 Å². The van der Waals surface area contributed by atoms with Crippen molar-refractivity contribution in [2.45, 2.75) is 83.7 Å². The number of hydrogen-bond acceptors (Lipinski definition) is 1. The van der Waals surface area contributed by atoms with Crippen molar-refractivity contribution in [1.29, 1.82) is 0 Å². The van der Waals surface area contributed by atoms with Gasteiger partial charge in [0.1, 0.15) is 0 Å². The third-order valence-electron chi connectivity index (χ3n) is 5.39. The Labute approximate surface area is 108 Å². The zero-order valence-corrected chi connectivity index (χ0v) is 12.1. The van der Waals surface area contributed by atoms with E-state index in [1.807, 2.05) is 0 Å². The maximum atomic E-state index is 2.68. The summed E-state index contributed by atoms with van der Waals surface area (Å²) in [5.74, 6) is 2.09. The van der Waals surface area contributed by atoms with Gasteiger partial charge in [0.05, 0.1) is 0 Å². The Morgan fingerprint density at radius 3 is 2.18 bits per heavy atom. The molecule has 0 radical (unpaired) electrons. The molecule has 2 saturated heterocycles. The second kappa shape index (κ2) is 6.22. The molecule has 1 nitrogen and oxygen atoms in total. The predicted octanol–water partition coefficient (Wildman–Crippen LogP) is 4.47. The molecule has 0 N–H and O–H groups in total. The normalized spacial score (nSPS) is 35.1. The highest BCUT2D eigenvalue weighted by atomic mass is 15.2. The van der Waals surface area contributed by atoms with Crippen LogP contribution in [0.2, 0.25) is 0 Å². The molecule has 0 aliphatic carbocycles. The minimum absolute atomic E-state index is 0.930. The summed E-state index contributed by atoms with van der Waals surface area (Å²) in [7, 11) is 2.36. The van der Waals surface area contributed by atoms with E-state index in [1.165, 1.54) is 57.8 Å². The van der Waals surface area contributed by atoms with Crippen molar-refractivity contribution in [3.63, 3.8) is 0 Å². The lowest BCUT2D eigenvalue weighted by Crippen LogP contribution is -2.41. The molecule has 4 atom stereocenters. The maximum Gasteiger partial charge on any atom is 0.00984 e. The molecule has 17 heavy (non-hydrogen) atoms. The molecule has 0 aromatic heterocycles. The smallest absolute Gasteiger partial charge is 0.00984 e. The molecule has 2 fully saturated rings. The van der Waals surface area contributed by atoms with E-state index in [2.05, 4.69) is 25.8 Å². The SMILES string of the molecule is CCCCC(CCC)C1CC2CC[C@@H](C1)N2C. The summed E-state index contributed by atoms with van der Waals surface area (Å²) in [6.07, 6.45) is 13.1. The summed E-state index contributed by atoms with van der Waals surface area (Å²) < 4.78 is 0. The van der Waals surface area contributed by atoms with Crippen molar-refractivity contribution in [3.8, 4) is 0 Å². The molecule has 100 valence electrons. The molecular weight excluding hydrogens is 206 g/mol. The van der Waals surface area contributed by atoms with Crippen LogP contribution in [0.25, 0.3) is 0 Å². The molecule has 0 saturated carbocycles. The Morgan fingerprint density at radius 1 is 1.00 bits per heavy atom. The molecular formula is C16H31N. The summed E-state index contributed by atoms with van der Waals surface area (Å²) in [5.41, 5.74) is 0. The monoisotopic (exact) mass is 237 g/mol. The molecule has 2 rings (SSSR count). The van der Waals surface area contributed by atoms with Gasteiger partial charge in [-0.15, -0.1) is 0 Å². The Morgan fingerprint density at radius 2 is 1.65 bits per heavy atom. The van der Waals surface area contributed by atoms with E-state index >= 15 is 0 Å². The first-order valence-corrected chi connectivity index (χ1v) is 7.98. The zero-order chi connectivity index (χ0) is 12.3. The van der Waals surface area contributed by atoms with Crippen LogP contribution >= 0.6 is 0 Å². The van der Waals surface area contributed by atoms with Gasteiger partial charge in [0, 0.05) is 12.1 Å². The van der Waals surface area contributed by atoms with Crippen molar-refractivity contribution in [1.82, 2.24) is 4.90 Å². The quantitative estimate of drug-likeness (QED) is 0.659. The van der Waals surface area contributed by atoms with Crippen LogP contribution in [0.5, 0.6) is 0 Å². The zero-order valence-electron chi connectivity index (χ0n) is 12.1. The molecule has 2 bridgehead atoms. The van der Waals surface area contributed by atoms with Crippen LogP contribution in [0.4, 0.5) is 0 Å². The van der Waals surface area contributed by atoms with Gasteiger partial charge in [0.2, 0.25) is 0 Å². The molecule has 2 aliphatic rings. The minimum atomic E-state index is 0.930. The number of hydrogen-bond donors (Lipinski definition) is 0. The predicted molar refractivity (Wildman–Crippen MR) is 75.2 cm³/mol. The average molecular weight is 237 g/mol. The molecule has 2 heterocycles. The third-order valence-corrected chi connectivity index (χ3v) is 5.39. The van der Waals surface area contributed by atoms with Crippen LogP contribution in [0.15, 0.2) is 0 Å². The highest BCUT2D eigenvalue weighted by Crippen LogP contribution is 2.42. The lowest BCUT2D eigenvalue weighted by Gasteiger charge is -2.40.